The van der Waals surface area contributed by atoms with Crippen molar-refractivity contribution in [1.82, 2.24) is 0 Å². The molecule has 0 radical (unpaired) electrons. The maximum atomic E-state index is 13.7. The molecular formula is C25H34O5. The summed E-state index contributed by atoms with van der Waals surface area (Å²) in [6, 6.07) is 0. The molecule has 0 unspecified atom stereocenters. The van der Waals surface area contributed by atoms with Gasteiger partial charge >= 0.3 is 11.9 Å². The molecule has 0 bridgehead atoms. The highest BCUT2D eigenvalue weighted by molar-refractivity contribution is 5.89. The first-order chi connectivity index (χ1) is 14.2. The minimum absolute atomic E-state index is 0.0457. The Hall–Kier alpha value is -1.65. The van der Waals surface area contributed by atoms with E-state index in [1.54, 1.807) is 6.08 Å². The summed E-state index contributed by atoms with van der Waals surface area (Å²) >= 11 is 0. The normalized spacial score (nSPS) is 47.6. The number of cyclic esters (lactones) is 1. The van der Waals surface area contributed by atoms with Crippen LogP contribution in [0.3, 0.4) is 0 Å². The van der Waals surface area contributed by atoms with E-state index in [9.17, 15) is 14.4 Å². The zero-order valence-electron chi connectivity index (χ0n) is 18.4. The Kier molecular flexibility index (Phi) is 4.68. The van der Waals surface area contributed by atoms with Crippen molar-refractivity contribution in [1.29, 1.82) is 0 Å². The van der Waals surface area contributed by atoms with E-state index in [4.69, 9.17) is 9.47 Å². The van der Waals surface area contributed by atoms with Crippen LogP contribution in [0, 0.1) is 40.4 Å². The Bertz CT molecular complexity index is 814. The molecule has 5 heteroatoms. The molecule has 5 aliphatic rings. The van der Waals surface area contributed by atoms with Crippen LogP contribution in [0.4, 0.5) is 0 Å². The number of Topliss-reactive ketones (excluding diaryl/α,β-unsaturated/α-hetero) is 1. The molecule has 30 heavy (non-hydrogen) atoms. The Morgan fingerprint density at radius 1 is 1.10 bits per heavy atom. The van der Waals surface area contributed by atoms with Crippen molar-refractivity contribution in [2.75, 3.05) is 6.61 Å². The van der Waals surface area contributed by atoms with Crippen LogP contribution in [0.1, 0.15) is 72.1 Å². The highest BCUT2D eigenvalue weighted by atomic mass is 16.5. The summed E-state index contributed by atoms with van der Waals surface area (Å²) in [6.45, 7) is 6.46. The van der Waals surface area contributed by atoms with Crippen molar-refractivity contribution in [3.05, 3.63) is 11.6 Å². The molecule has 0 N–H and O–H groups in total. The highest BCUT2D eigenvalue weighted by Gasteiger charge is 2.64. The molecule has 0 saturated heterocycles. The standard InChI is InChI=1S/C25H34O5/c1-14(26)30-17-8-9-24(2)16(11-17)4-5-18-20-7-6-19(15-10-23(28)29-13-15)25(20,3)22(27)12-21(18)24/h10,16-21H,4-9,11-13H2,1-3H3/t16-,17+,18+,19-,20+,21+,24+,25-/m1/s1. The fraction of sp³-hybridized carbons (Fsp3) is 0.800. The fourth-order valence-electron chi connectivity index (χ4n) is 8.45. The van der Waals surface area contributed by atoms with Gasteiger partial charge in [0.05, 0.1) is 0 Å². The van der Waals surface area contributed by atoms with Crippen molar-refractivity contribution < 1.29 is 23.9 Å². The number of carbonyl (C=O) groups excluding carboxylic acids is 3. The van der Waals surface area contributed by atoms with Crippen LogP contribution in [0.15, 0.2) is 11.6 Å². The molecule has 1 heterocycles. The number of ketones is 1. The summed E-state index contributed by atoms with van der Waals surface area (Å²) in [5, 5.41) is 0. The third kappa shape index (κ3) is 2.83. The molecule has 0 aromatic rings. The minimum atomic E-state index is -0.348. The van der Waals surface area contributed by atoms with Crippen LogP contribution < -0.4 is 0 Å². The van der Waals surface area contributed by atoms with Crippen LogP contribution >= 0.6 is 0 Å². The van der Waals surface area contributed by atoms with Gasteiger partial charge in [0.1, 0.15) is 18.5 Å². The van der Waals surface area contributed by atoms with E-state index in [1.807, 2.05) is 0 Å². The average Bonchev–Trinajstić information content (AvgIpc) is 3.26. The number of ether oxygens (including phenoxy) is 2. The van der Waals surface area contributed by atoms with Crippen molar-refractivity contribution in [3.8, 4) is 0 Å². The minimum Gasteiger partial charge on any atom is -0.463 e. The van der Waals surface area contributed by atoms with E-state index >= 15 is 0 Å². The van der Waals surface area contributed by atoms with Gasteiger partial charge in [0.25, 0.3) is 0 Å². The summed E-state index contributed by atoms with van der Waals surface area (Å²) in [5.74, 6) is 2.10. The van der Waals surface area contributed by atoms with E-state index < -0.39 is 0 Å². The van der Waals surface area contributed by atoms with Gasteiger partial charge in [-0.15, -0.1) is 0 Å². The monoisotopic (exact) mass is 414 g/mol. The molecular weight excluding hydrogens is 380 g/mol. The van der Waals surface area contributed by atoms with Crippen LogP contribution in [0.25, 0.3) is 0 Å². The molecule has 0 aromatic carbocycles. The number of hydrogen-bond donors (Lipinski definition) is 0. The van der Waals surface area contributed by atoms with Crippen molar-refractivity contribution in [2.45, 2.75) is 78.2 Å². The van der Waals surface area contributed by atoms with E-state index in [0.29, 0.717) is 42.5 Å². The molecule has 4 aliphatic carbocycles. The maximum Gasteiger partial charge on any atom is 0.331 e. The lowest BCUT2D eigenvalue weighted by atomic mass is 9.44. The quantitative estimate of drug-likeness (QED) is 0.632. The van der Waals surface area contributed by atoms with E-state index in [-0.39, 0.29) is 34.8 Å². The predicted octanol–water partition coefficient (Wildman–Crippen LogP) is 4.24. The number of hydrogen-bond acceptors (Lipinski definition) is 5. The molecule has 4 fully saturated rings. The molecule has 0 amide bonds. The van der Waals surface area contributed by atoms with E-state index in [2.05, 4.69) is 13.8 Å². The molecule has 8 atom stereocenters. The van der Waals surface area contributed by atoms with Crippen LogP contribution in [-0.2, 0) is 23.9 Å². The van der Waals surface area contributed by atoms with Gasteiger partial charge in [0, 0.05) is 24.8 Å². The van der Waals surface area contributed by atoms with Crippen LogP contribution in [0.5, 0.6) is 0 Å². The summed E-state index contributed by atoms with van der Waals surface area (Å²) in [6.07, 6.45) is 9.69. The predicted molar refractivity (Wildman–Crippen MR) is 110 cm³/mol. The first kappa shape index (κ1) is 20.3. The molecule has 164 valence electrons. The van der Waals surface area contributed by atoms with Gasteiger partial charge in [0.15, 0.2) is 0 Å². The third-order valence-corrected chi connectivity index (χ3v) is 9.95. The Labute approximate surface area is 178 Å². The summed E-state index contributed by atoms with van der Waals surface area (Å²) in [5.41, 5.74) is 0.859. The first-order valence-electron chi connectivity index (χ1n) is 11.8. The summed E-state index contributed by atoms with van der Waals surface area (Å²) in [7, 11) is 0. The number of rotatable bonds is 2. The van der Waals surface area contributed by atoms with Gasteiger partial charge in [-0.2, -0.15) is 0 Å². The van der Waals surface area contributed by atoms with Crippen molar-refractivity contribution in [2.24, 2.45) is 40.4 Å². The van der Waals surface area contributed by atoms with Gasteiger partial charge < -0.3 is 9.47 Å². The van der Waals surface area contributed by atoms with Crippen LogP contribution in [-0.4, -0.2) is 30.4 Å². The zero-order chi connectivity index (χ0) is 21.3. The van der Waals surface area contributed by atoms with Crippen molar-refractivity contribution >= 4 is 17.7 Å². The van der Waals surface area contributed by atoms with Crippen molar-refractivity contribution in [3.63, 3.8) is 0 Å². The maximum absolute atomic E-state index is 13.7. The van der Waals surface area contributed by atoms with Crippen LogP contribution in [0.2, 0.25) is 0 Å². The second kappa shape index (κ2) is 6.93. The lowest BCUT2D eigenvalue weighted by Gasteiger charge is -2.60. The molecule has 0 spiro atoms. The summed E-state index contributed by atoms with van der Waals surface area (Å²) in [4.78, 5) is 36.8. The largest absolute Gasteiger partial charge is 0.463 e. The second-order valence-electron chi connectivity index (χ2n) is 11.0. The fourth-order valence-corrected chi connectivity index (χ4v) is 8.45. The Morgan fingerprint density at radius 3 is 2.60 bits per heavy atom. The third-order valence-electron chi connectivity index (χ3n) is 9.95. The summed E-state index contributed by atoms with van der Waals surface area (Å²) < 4.78 is 10.7. The van der Waals surface area contributed by atoms with Gasteiger partial charge in [-0.25, -0.2) is 4.79 Å². The highest BCUT2D eigenvalue weighted by Crippen LogP contribution is 2.67. The second-order valence-corrected chi connectivity index (χ2v) is 11.0. The number of esters is 2. The Morgan fingerprint density at radius 2 is 1.90 bits per heavy atom. The average molecular weight is 415 g/mol. The lowest BCUT2D eigenvalue weighted by Crippen LogP contribution is -2.57. The molecule has 5 nitrogen and oxygen atoms in total. The number of carbonyl (C=O) groups is 3. The van der Waals surface area contributed by atoms with Gasteiger partial charge in [0.2, 0.25) is 0 Å². The van der Waals surface area contributed by atoms with E-state index in [0.717, 1.165) is 37.7 Å². The molecule has 1 aliphatic heterocycles. The van der Waals surface area contributed by atoms with Gasteiger partial charge in [-0.1, -0.05) is 13.8 Å². The lowest BCUT2D eigenvalue weighted by molar-refractivity contribution is -0.165. The molecule has 4 saturated carbocycles. The van der Waals surface area contributed by atoms with Gasteiger partial charge in [-0.3, -0.25) is 9.59 Å². The Balaban J connectivity index is 1.40. The molecule has 0 aromatic heterocycles. The number of fused-ring (bicyclic) bond motifs is 5. The topological polar surface area (TPSA) is 69.7 Å². The smallest absolute Gasteiger partial charge is 0.331 e. The molecule has 5 rings (SSSR count). The van der Waals surface area contributed by atoms with Gasteiger partial charge in [-0.05, 0) is 85.5 Å². The van der Waals surface area contributed by atoms with E-state index in [1.165, 1.54) is 19.8 Å². The first-order valence-corrected chi connectivity index (χ1v) is 11.8. The zero-order valence-corrected chi connectivity index (χ0v) is 18.4. The SMILES string of the molecule is CC(=O)O[C@H]1CC[C@@]2(C)[C@H](CC[C@@H]3[C@@H]2CC(=O)[C@]2(C)[C@@H](C4=CC(=O)OC4)CC[C@@H]32)C1.